The molecule has 0 aliphatic carbocycles. The average molecular weight is 346 g/mol. The molecular weight excluding hydrogens is 327 g/mol. The largest absolute Gasteiger partial charge is 0.493 e. The number of halogens is 1. The Hall–Kier alpha value is -1.87. The van der Waals surface area contributed by atoms with Gasteiger partial charge in [-0.1, -0.05) is 0 Å². The van der Waals surface area contributed by atoms with Crippen molar-refractivity contribution < 1.29 is 27.1 Å². The second-order valence-corrected chi connectivity index (χ2v) is 7.15. The Bertz CT molecular complexity index is 707. The number of nitrogens with two attached hydrogens (primary N) is 1. The first kappa shape index (κ1) is 17.5. The lowest BCUT2D eigenvalue weighted by Gasteiger charge is -2.30. The zero-order chi connectivity index (χ0) is 17.2. The molecule has 1 aromatic rings. The number of hydrogen-bond donors (Lipinski definition) is 1. The first-order valence-electron chi connectivity index (χ1n) is 7.02. The Morgan fingerprint density at radius 2 is 1.91 bits per heavy atom. The van der Waals surface area contributed by atoms with Crippen molar-refractivity contribution in [1.82, 2.24) is 4.31 Å². The molecule has 1 heterocycles. The molecule has 9 heteroatoms. The van der Waals surface area contributed by atoms with Crippen molar-refractivity contribution in [2.45, 2.75) is 17.7 Å². The zero-order valence-electron chi connectivity index (χ0n) is 12.9. The van der Waals surface area contributed by atoms with E-state index in [0.29, 0.717) is 12.8 Å². The molecule has 1 aliphatic rings. The Morgan fingerprint density at radius 3 is 2.48 bits per heavy atom. The highest BCUT2D eigenvalue weighted by Gasteiger charge is 2.34. The molecule has 1 atom stereocenters. The van der Waals surface area contributed by atoms with Crippen LogP contribution in [0.1, 0.15) is 12.8 Å². The summed E-state index contributed by atoms with van der Waals surface area (Å²) in [7, 11) is -1.45. The average Bonchev–Trinajstić information content (AvgIpc) is 2.54. The monoisotopic (exact) mass is 346 g/mol. The zero-order valence-corrected chi connectivity index (χ0v) is 13.7. The summed E-state index contributed by atoms with van der Waals surface area (Å²) in [5, 5.41) is 0. The molecule has 1 fully saturated rings. The van der Waals surface area contributed by atoms with Crippen LogP contribution in [0.4, 0.5) is 4.39 Å². The minimum absolute atomic E-state index is 0.0501. The van der Waals surface area contributed by atoms with E-state index in [0.717, 1.165) is 16.4 Å². The molecule has 0 aromatic heterocycles. The van der Waals surface area contributed by atoms with Gasteiger partial charge in [0.25, 0.3) is 0 Å². The number of methoxy groups -OCH3 is 2. The molecule has 0 spiro atoms. The molecule has 0 unspecified atom stereocenters. The van der Waals surface area contributed by atoms with Crippen LogP contribution in [0.15, 0.2) is 17.0 Å². The van der Waals surface area contributed by atoms with Crippen LogP contribution in [0.5, 0.6) is 11.5 Å². The number of sulfonamides is 1. The number of ether oxygens (including phenoxy) is 2. The minimum Gasteiger partial charge on any atom is -0.493 e. The fourth-order valence-corrected chi connectivity index (χ4v) is 4.15. The van der Waals surface area contributed by atoms with Crippen LogP contribution in [0.25, 0.3) is 0 Å². The summed E-state index contributed by atoms with van der Waals surface area (Å²) in [4.78, 5) is 10.8. The van der Waals surface area contributed by atoms with Gasteiger partial charge in [0.15, 0.2) is 11.5 Å². The summed E-state index contributed by atoms with van der Waals surface area (Å²) in [5.41, 5.74) is 5.25. The van der Waals surface area contributed by atoms with E-state index in [1.807, 2.05) is 0 Å². The predicted octanol–water partition coefficient (Wildman–Crippen LogP) is 0.729. The molecule has 1 amide bonds. The maximum absolute atomic E-state index is 14.2. The molecule has 0 bridgehead atoms. The molecule has 128 valence electrons. The molecule has 1 aliphatic heterocycles. The fraction of sp³-hybridized carbons (Fsp3) is 0.500. The Morgan fingerprint density at radius 1 is 1.30 bits per heavy atom. The number of nitrogens with zero attached hydrogens (tertiary/aromatic N) is 1. The van der Waals surface area contributed by atoms with Gasteiger partial charge in [-0.25, -0.2) is 12.8 Å². The van der Waals surface area contributed by atoms with Gasteiger partial charge in [0, 0.05) is 25.2 Å². The molecule has 1 saturated heterocycles. The topological polar surface area (TPSA) is 98.9 Å². The van der Waals surface area contributed by atoms with Crippen molar-refractivity contribution in [1.29, 1.82) is 0 Å². The third-order valence-corrected chi connectivity index (χ3v) is 5.72. The first-order valence-corrected chi connectivity index (χ1v) is 8.46. The predicted molar refractivity (Wildman–Crippen MR) is 80.2 cm³/mol. The van der Waals surface area contributed by atoms with Gasteiger partial charge in [-0.3, -0.25) is 4.79 Å². The summed E-state index contributed by atoms with van der Waals surface area (Å²) in [6, 6.07) is 2.04. The van der Waals surface area contributed by atoms with Crippen LogP contribution in [0.2, 0.25) is 0 Å². The van der Waals surface area contributed by atoms with Crippen molar-refractivity contribution in [2.24, 2.45) is 11.7 Å². The van der Waals surface area contributed by atoms with Gasteiger partial charge in [-0.15, -0.1) is 0 Å². The van der Waals surface area contributed by atoms with Gasteiger partial charge in [-0.2, -0.15) is 4.31 Å². The van der Waals surface area contributed by atoms with E-state index in [-0.39, 0.29) is 24.6 Å². The standard InChI is InChI=1S/C14H19FN2O5S/c1-21-11-6-10(15)13(7-12(11)22-2)23(19,20)17-5-3-4-9(8-17)14(16)18/h6-7,9H,3-5,8H2,1-2H3,(H2,16,18)/t9-/m0/s1. The van der Waals surface area contributed by atoms with E-state index in [1.54, 1.807) is 0 Å². The number of primary amides is 1. The quantitative estimate of drug-likeness (QED) is 0.847. The normalized spacial score (nSPS) is 19.3. The summed E-state index contributed by atoms with van der Waals surface area (Å²) in [5.74, 6) is -1.86. The van der Waals surface area contributed by atoms with Gasteiger partial charge in [0.2, 0.25) is 15.9 Å². The number of rotatable bonds is 5. The Balaban J connectivity index is 2.41. The molecule has 7 nitrogen and oxygen atoms in total. The minimum atomic E-state index is -4.10. The van der Waals surface area contributed by atoms with Gasteiger partial charge >= 0.3 is 0 Å². The SMILES string of the molecule is COc1cc(F)c(S(=O)(=O)N2CCC[C@H](C(N)=O)C2)cc1OC. The van der Waals surface area contributed by atoms with Crippen LogP contribution < -0.4 is 15.2 Å². The van der Waals surface area contributed by atoms with Crippen molar-refractivity contribution >= 4 is 15.9 Å². The van der Waals surface area contributed by atoms with Gasteiger partial charge in [0.05, 0.1) is 20.1 Å². The molecular formula is C14H19FN2O5S. The Kier molecular flexibility index (Phi) is 5.10. The second-order valence-electron chi connectivity index (χ2n) is 5.24. The third kappa shape index (κ3) is 3.40. The maximum atomic E-state index is 14.2. The summed E-state index contributed by atoms with van der Waals surface area (Å²) < 4.78 is 50.6. The highest BCUT2D eigenvalue weighted by molar-refractivity contribution is 7.89. The molecule has 0 saturated carbocycles. The first-order chi connectivity index (χ1) is 10.8. The van der Waals surface area contributed by atoms with Crippen molar-refractivity contribution in [3.63, 3.8) is 0 Å². The summed E-state index contributed by atoms with van der Waals surface area (Å²) >= 11 is 0. The number of hydrogen-bond acceptors (Lipinski definition) is 5. The number of amides is 1. The number of carbonyl (C=O) groups is 1. The van der Waals surface area contributed by atoms with Crippen LogP contribution in [0, 0.1) is 11.7 Å². The van der Waals surface area contributed by atoms with Crippen LogP contribution in [-0.2, 0) is 14.8 Å². The number of carbonyl (C=O) groups excluding carboxylic acids is 1. The number of piperidine rings is 1. The van der Waals surface area contributed by atoms with Crippen LogP contribution in [-0.4, -0.2) is 45.9 Å². The van der Waals surface area contributed by atoms with Gasteiger partial charge in [-0.05, 0) is 12.8 Å². The molecule has 2 rings (SSSR count). The van der Waals surface area contributed by atoms with Gasteiger partial charge < -0.3 is 15.2 Å². The third-order valence-electron chi connectivity index (χ3n) is 3.84. The summed E-state index contributed by atoms with van der Waals surface area (Å²) in [6.07, 6.45) is 1.01. The van der Waals surface area contributed by atoms with E-state index >= 15 is 0 Å². The van der Waals surface area contributed by atoms with E-state index in [2.05, 4.69) is 0 Å². The lowest BCUT2D eigenvalue weighted by molar-refractivity contribution is -0.122. The highest BCUT2D eigenvalue weighted by atomic mass is 32.2. The Labute approximate surface area is 134 Å². The smallest absolute Gasteiger partial charge is 0.246 e. The van der Waals surface area contributed by atoms with Crippen LogP contribution >= 0.6 is 0 Å². The highest BCUT2D eigenvalue weighted by Crippen LogP contribution is 2.34. The van der Waals surface area contributed by atoms with Crippen molar-refractivity contribution in [3.8, 4) is 11.5 Å². The maximum Gasteiger partial charge on any atom is 0.246 e. The van der Waals surface area contributed by atoms with Crippen molar-refractivity contribution in [2.75, 3.05) is 27.3 Å². The lowest BCUT2D eigenvalue weighted by Crippen LogP contribution is -2.44. The molecule has 1 aromatic carbocycles. The molecule has 2 N–H and O–H groups in total. The van der Waals surface area contributed by atoms with Gasteiger partial charge in [0.1, 0.15) is 10.7 Å². The van der Waals surface area contributed by atoms with E-state index < -0.39 is 32.6 Å². The summed E-state index contributed by atoms with van der Waals surface area (Å²) in [6.45, 7) is 0.158. The fourth-order valence-electron chi connectivity index (χ4n) is 2.57. The van der Waals surface area contributed by atoms with Crippen LogP contribution in [0.3, 0.4) is 0 Å². The molecule has 23 heavy (non-hydrogen) atoms. The number of benzene rings is 1. The second kappa shape index (κ2) is 6.71. The van der Waals surface area contributed by atoms with E-state index in [1.165, 1.54) is 14.2 Å². The molecule has 0 radical (unpaired) electrons. The van der Waals surface area contributed by atoms with E-state index in [4.69, 9.17) is 15.2 Å². The van der Waals surface area contributed by atoms with E-state index in [9.17, 15) is 17.6 Å². The lowest BCUT2D eigenvalue weighted by atomic mass is 9.99. The van der Waals surface area contributed by atoms with Crippen molar-refractivity contribution in [3.05, 3.63) is 17.9 Å².